The average molecular weight is 212 g/mol. The maximum Gasteiger partial charge on any atom is 0.419 e. The Hall–Kier alpha value is -0.610. The SMILES string of the molecule is CC1(C)CC(=O)C1CC(F)C(F)(F)F. The molecule has 0 bridgehead atoms. The maximum atomic E-state index is 12.6. The molecule has 1 aliphatic carbocycles. The minimum atomic E-state index is -4.84. The molecule has 0 N–H and O–H groups in total. The molecule has 0 heterocycles. The normalized spacial score (nSPS) is 28.4. The minimum absolute atomic E-state index is 0.252. The van der Waals surface area contributed by atoms with Crippen molar-refractivity contribution in [1.29, 1.82) is 0 Å². The highest BCUT2D eigenvalue weighted by atomic mass is 19.4. The second-order valence-corrected chi connectivity index (χ2v) is 4.43. The largest absolute Gasteiger partial charge is 0.419 e. The number of Topliss-reactive ketones (excluding diaryl/α,β-unsaturated/α-hetero) is 1. The zero-order valence-electron chi connectivity index (χ0n) is 7.99. The maximum absolute atomic E-state index is 12.6. The summed E-state index contributed by atoms with van der Waals surface area (Å²) in [4.78, 5) is 11.0. The summed E-state index contributed by atoms with van der Waals surface area (Å²) >= 11 is 0. The number of rotatable bonds is 2. The lowest BCUT2D eigenvalue weighted by molar-refractivity contribution is -0.190. The lowest BCUT2D eigenvalue weighted by atomic mass is 9.60. The van der Waals surface area contributed by atoms with Gasteiger partial charge in [-0.05, 0) is 11.8 Å². The molecule has 0 saturated heterocycles. The first-order valence-corrected chi connectivity index (χ1v) is 4.38. The number of alkyl halides is 4. The van der Waals surface area contributed by atoms with E-state index in [1.807, 2.05) is 0 Å². The molecule has 0 aromatic heterocycles. The Balaban J connectivity index is 2.57. The van der Waals surface area contributed by atoms with Crippen LogP contribution in [-0.4, -0.2) is 18.1 Å². The Morgan fingerprint density at radius 1 is 1.50 bits per heavy atom. The molecular weight excluding hydrogens is 200 g/mol. The summed E-state index contributed by atoms with van der Waals surface area (Å²) in [5, 5.41) is 0. The van der Waals surface area contributed by atoms with Crippen LogP contribution in [-0.2, 0) is 4.79 Å². The van der Waals surface area contributed by atoms with Gasteiger partial charge < -0.3 is 0 Å². The molecule has 0 aliphatic heterocycles. The van der Waals surface area contributed by atoms with E-state index < -0.39 is 30.1 Å². The van der Waals surface area contributed by atoms with Crippen molar-refractivity contribution < 1.29 is 22.4 Å². The predicted octanol–water partition coefficient (Wildman–Crippen LogP) is 2.89. The van der Waals surface area contributed by atoms with Crippen LogP contribution < -0.4 is 0 Å². The van der Waals surface area contributed by atoms with E-state index in [0.717, 1.165) is 0 Å². The molecule has 5 heteroatoms. The number of carbonyl (C=O) groups excluding carboxylic acids is 1. The van der Waals surface area contributed by atoms with Crippen LogP contribution in [0, 0.1) is 11.3 Å². The van der Waals surface area contributed by atoms with E-state index >= 15 is 0 Å². The molecule has 2 atom stereocenters. The number of carbonyl (C=O) groups is 1. The quantitative estimate of drug-likeness (QED) is 0.643. The van der Waals surface area contributed by atoms with Gasteiger partial charge in [0.1, 0.15) is 5.78 Å². The average Bonchev–Trinajstić information content (AvgIpc) is 1.97. The van der Waals surface area contributed by atoms with E-state index in [4.69, 9.17) is 0 Å². The molecule has 1 fully saturated rings. The molecule has 0 aromatic carbocycles. The summed E-state index contributed by atoms with van der Waals surface area (Å²) in [6.07, 6.45) is -8.19. The highest BCUT2D eigenvalue weighted by molar-refractivity contribution is 5.88. The molecular formula is C9H12F4O. The molecule has 14 heavy (non-hydrogen) atoms. The summed E-state index contributed by atoms with van der Waals surface area (Å²) in [6.45, 7) is 3.37. The molecule has 1 rings (SSSR count). The third-order valence-electron chi connectivity index (χ3n) is 2.76. The van der Waals surface area contributed by atoms with Crippen molar-refractivity contribution in [3.05, 3.63) is 0 Å². The third kappa shape index (κ3) is 2.07. The summed E-state index contributed by atoms with van der Waals surface area (Å²) in [6, 6.07) is 0. The van der Waals surface area contributed by atoms with Crippen molar-refractivity contribution in [1.82, 2.24) is 0 Å². The van der Waals surface area contributed by atoms with Crippen LogP contribution in [0.5, 0.6) is 0 Å². The van der Waals surface area contributed by atoms with Gasteiger partial charge in [-0.2, -0.15) is 13.2 Å². The van der Waals surface area contributed by atoms with Crippen molar-refractivity contribution in [2.75, 3.05) is 0 Å². The van der Waals surface area contributed by atoms with Gasteiger partial charge in [-0.15, -0.1) is 0 Å². The van der Waals surface area contributed by atoms with Gasteiger partial charge in [-0.1, -0.05) is 13.8 Å². The van der Waals surface area contributed by atoms with E-state index in [1.54, 1.807) is 13.8 Å². The molecule has 2 unspecified atom stereocenters. The van der Waals surface area contributed by atoms with Crippen LogP contribution in [0.15, 0.2) is 0 Å². The van der Waals surface area contributed by atoms with E-state index in [1.165, 1.54) is 0 Å². The van der Waals surface area contributed by atoms with E-state index in [-0.39, 0.29) is 12.2 Å². The monoisotopic (exact) mass is 212 g/mol. The van der Waals surface area contributed by atoms with Crippen LogP contribution in [0.4, 0.5) is 17.6 Å². The molecule has 82 valence electrons. The standard InChI is InChI=1S/C9H12F4O/c1-8(2)4-6(14)5(8)3-7(10)9(11,12)13/h5,7H,3-4H2,1-2H3. The Morgan fingerprint density at radius 3 is 2.29 bits per heavy atom. The lowest BCUT2D eigenvalue weighted by Gasteiger charge is -2.43. The van der Waals surface area contributed by atoms with Gasteiger partial charge >= 0.3 is 6.18 Å². The van der Waals surface area contributed by atoms with Gasteiger partial charge in [0.05, 0.1) is 0 Å². The lowest BCUT2D eigenvalue weighted by Crippen LogP contribution is -2.47. The first-order chi connectivity index (χ1) is 6.14. The van der Waals surface area contributed by atoms with Gasteiger partial charge in [-0.25, -0.2) is 4.39 Å². The highest BCUT2D eigenvalue weighted by Crippen LogP contribution is 2.47. The molecule has 1 saturated carbocycles. The Kier molecular flexibility index (Phi) is 2.63. The van der Waals surface area contributed by atoms with Crippen LogP contribution in [0.3, 0.4) is 0 Å². The van der Waals surface area contributed by atoms with Crippen molar-refractivity contribution in [2.24, 2.45) is 11.3 Å². The second kappa shape index (κ2) is 3.21. The van der Waals surface area contributed by atoms with E-state index in [9.17, 15) is 22.4 Å². The topological polar surface area (TPSA) is 17.1 Å². The number of hydrogen-bond donors (Lipinski definition) is 0. The molecule has 1 aliphatic rings. The molecule has 0 amide bonds. The zero-order chi connectivity index (χ0) is 11.1. The van der Waals surface area contributed by atoms with Gasteiger partial charge in [-0.3, -0.25) is 4.79 Å². The van der Waals surface area contributed by atoms with Crippen molar-refractivity contribution >= 4 is 5.78 Å². The summed E-state index contributed by atoms with van der Waals surface area (Å²) in [5.74, 6) is -1.04. The van der Waals surface area contributed by atoms with Crippen LogP contribution in [0.2, 0.25) is 0 Å². The van der Waals surface area contributed by atoms with E-state index in [2.05, 4.69) is 0 Å². The van der Waals surface area contributed by atoms with Crippen molar-refractivity contribution in [3.63, 3.8) is 0 Å². The second-order valence-electron chi connectivity index (χ2n) is 4.43. The fourth-order valence-electron chi connectivity index (χ4n) is 1.79. The van der Waals surface area contributed by atoms with Crippen molar-refractivity contribution in [3.8, 4) is 0 Å². The highest BCUT2D eigenvalue weighted by Gasteiger charge is 2.51. The number of halogens is 4. The summed E-state index contributed by atoms with van der Waals surface area (Å²) < 4.78 is 48.2. The Bertz CT molecular complexity index is 244. The first-order valence-electron chi connectivity index (χ1n) is 4.38. The number of ketones is 1. The van der Waals surface area contributed by atoms with Crippen molar-refractivity contribution in [2.45, 2.75) is 39.0 Å². The van der Waals surface area contributed by atoms with Gasteiger partial charge in [0.2, 0.25) is 0 Å². The zero-order valence-corrected chi connectivity index (χ0v) is 7.99. The Morgan fingerprint density at radius 2 is 2.00 bits per heavy atom. The summed E-state index contributed by atoms with van der Waals surface area (Å²) in [5.41, 5.74) is -0.479. The first kappa shape index (κ1) is 11.5. The minimum Gasteiger partial charge on any atom is -0.299 e. The smallest absolute Gasteiger partial charge is 0.299 e. The number of hydrogen-bond acceptors (Lipinski definition) is 1. The van der Waals surface area contributed by atoms with Crippen LogP contribution in [0.1, 0.15) is 26.7 Å². The van der Waals surface area contributed by atoms with Gasteiger partial charge in [0.15, 0.2) is 6.17 Å². The third-order valence-corrected chi connectivity index (χ3v) is 2.76. The Labute approximate surface area is 79.5 Å². The van der Waals surface area contributed by atoms with E-state index in [0.29, 0.717) is 0 Å². The fraction of sp³-hybridized carbons (Fsp3) is 0.889. The fourth-order valence-corrected chi connectivity index (χ4v) is 1.79. The molecule has 0 spiro atoms. The predicted molar refractivity (Wildman–Crippen MR) is 42.5 cm³/mol. The molecule has 1 nitrogen and oxygen atoms in total. The molecule has 0 aromatic rings. The van der Waals surface area contributed by atoms with Crippen LogP contribution >= 0.6 is 0 Å². The van der Waals surface area contributed by atoms with Gasteiger partial charge in [0, 0.05) is 12.3 Å². The van der Waals surface area contributed by atoms with Crippen LogP contribution in [0.25, 0.3) is 0 Å². The van der Waals surface area contributed by atoms with Gasteiger partial charge in [0.25, 0.3) is 0 Å². The summed E-state index contributed by atoms with van der Waals surface area (Å²) in [7, 11) is 0. The molecule has 0 radical (unpaired) electrons.